The third-order valence-electron chi connectivity index (χ3n) is 2.67. The summed E-state index contributed by atoms with van der Waals surface area (Å²) in [6.07, 6.45) is 1.71. The van der Waals surface area contributed by atoms with Crippen molar-refractivity contribution in [1.29, 1.82) is 0 Å². The zero-order chi connectivity index (χ0) is 13.8. The van der Waals surface area contributed by atoms with E-state index in [1.165, 1.54) is 12.1 Å². The van der Waals surface area contributed by atoms with Crippen LogP contribution in [0.15, 0.2) is 30.5 Å². The Hall–Kier alpha value is -2.41. The van der Waals surface area contributed by atoms with Crippen molar-refractivity contribution in [2.45, 2.75) is 13.2 Å². The van der Waals surface area contributed by atoms with E-state index in [0.29, 0.717) is 17.0 Å². The number of hydrogen-bond donors (Lipinski definition) is 1. The van der Waals surface area contributed by atoms with Gasteiger partial charge in [-0.15, -0.1) is 5.10 Å². The molecule has 0 fully saturated rings. The number of nitrogens with zero attached hydrogens (tertiary/aromatic N) is 3. The number of nitro benzene ring substituents is 1. The summed E-state index contributed by atoms with van der Waals surface area (Å²) < 4.78 is 6.97. The zero-order valence-electron chi connectivity index (χ0n) is 10.3. The Morgan fingerprint density at radius 3 is 2.84 bits per heavy atom. The number of rotatable bonds is 5. The Morgan fingerprint density at radius 1 is 1.47 bits per heavy atom. The van der Waals surface area contributed by atoms with Crippen LogP contribution in [-0.2, 0) is 20.3 Å². The maximum absolute atomic E-state index is 11.0. The van der Waals surface area contributed by atoms with E-state index in [-0.39, 0.29) is 18.9 Å². The van der Waals surface area contributed by atoms with E-state index in [2.05, 4.69) is 5.10 Å². The first-order chi connectivity index (χ1) is 9.11. The number of aliphatic hydroxyl groups excluding tert-OH is 1. The molecule has 0 aliphatic rings. The Kier molecular flexibility index (Phi) is 3.76. The van der Waals surface area contributed by atoms with Crippen LogP contribution in [0.1, 0.15) is 11.1 Å². The number of nitro groups is 1. The number of ether oxygens (including phenoxy) is 1. The predicted octanol–water partition coefficient (Wildman–Crippen LogP) is 1.40. The summed E-state index contributed by atoms with van der Waals surface area (Å²) in [5.74, 6) is 0.379. The summed E-state index contributed by atoms with van der Waals surface area (Å²) in [5, 5.41) is 24.2. The largest absolute Gasteiger partial charge is 0.471 e. The van der Waals surface area contributed by atoms with Crippen LogP contribution < -0.4 is 4.74 Å². The van der Waals surface area contributed by atoms with Crippen LogP contribution in [0.5, 0.6) is 5.88 Å². The first-order valence-corrected chi connectivity index (χ1v) is 5.60. The van der Waals surface area contributed by atoms with Gasteiger partial charge in [-0.1, -0.05) is 12.1 Å². The number of aryl methyl sites for hydroxylation is 1. The van der Waals surface area contributed by atoms with E-state index < -0.39 is 4.92 Å². The van der Waals surface area contributed by atoms with Gasteiger partial charge >= 0.3 is 0 Å². The van der Waals surface area contributed by atoms with E-state index in [4.69, 9.17) is 4.74 Å². The first kappa shape index (κ1) is 13.0. The molecule has 2 rings (SSSR count). The topological polar surface area (TPSA) is 90.4 Å². The summed E-state index contributed by atoms with van der Waals surface area (Å²) in [7, 11) is 1.75. The van der Waals surface area contributed by atoms with Gasteiger partial charge in [0.25, 0.3) is 5.69 Å². The fourth-order valence-corrected chi connectivity index (χ4v) is 1.72. The number of aliphatic hydroxyl groups is 1. The highest BCUT2D eigenvalue weighted by Crippen LogP contribution is 2.24. The van der Waals surface area contributed by atoms with Gasteiger partial charge < -0.3 is 9.84 Å². The number of hydrogen-bond acceptors (Lipinski definition) is 5. The van der Waals surface area contributed by atoms with Crippen LogP contribution in [0.3, 0.4) is 0 Å². The van der Waals surface area contributed by atoms with E-state index >= 15 is 0 Å². The second kappa shape index (κ2) is 5.49. The van der Waals surface area contributed by atoms with Gasteiger partial charge in [0.2, 0.25) is 5.88 Å². The molecule has 0 unspecified atom stereocenters. The molecule has 0 aliphatic carbocycles. The van der Waals surface area contributed by atoms with Gasteiger partial charge in [-0.25, -0.2) is 0 Å². The molecule has 0 saturated carbocycles. The molecule has 1 N–H and O–H groups in total. The van der Waals surface area contributed by atoms with Crippen molar-refractivity contribution in [3.63, 3.8) is 0 Å². The van der Waals surface area contributed by atoms with Crippen LogP contribution in [0, 0.1) is 10.1 Å². The second-order valence-electron chi connectivity index (χ2n) is 3.95. The molecule has 0 spiro atoms. The molecule has 0 aliphatic heterocycles. The van der Waals surface area contributed by atoms with Gasteiger partial charge in [-0.05, 0) is 5.56 Å². The molecule has 7 nitrogen and oxygen atoms in total. The van der Waals surface area contributed by atoms with Gasteiger partial charge in [0.05, 0.1) is 17.1 Å². The fraction of sp³-hybridized carbons (Fsp3) is 0.250. The van der Waals surface area contributed by atoms with Crippen molar-refractivity contribution in [3.8, 4) is 5.88 Å². The summed E-state index contributed by atoms with van der Waals surface area (Å²) in [5.41, 5.74) is 0.772. The van der Waals surface area contributed by atoms with Crippen molar-refractivity contribution >= 4 is 5.69 Å². The number of aromatic nitrogens is 2. The molecule has 19 heavy (non-hydrogen) atoms. The Balaban J connectivity index is 2.25. The Morgan fingerprint density at radius 2 is 2.26 bits per heavy atom. The highest BCUT2D eigenvalue weighted by molar-refractivity contribution is 5.45. The summed E-state index contributed by atoms with van der Waals surface area (Å²) >= 11 is 0. The third-order valence-corrected chi connectivity index (χ3v) is 2.67. The maximum Gasteiger partial charge on any atom is 0.276 e. The lowest BCUT2D eigenvalue weighted by Crippen LogP contribution is -2.05. The van der Waals surface area contributed by atoms with E-state index in [1.54, 1.807) is 30.1 Å². The Bertz CT molecular complexity index is 594. The summed E-state index contributed by atoms with van der Waals surface area (Å²) in [6.45, 7) is -0.285. The van der Waals surface area contributed by atoms with Crippen LogP contribution in [0.4, 0.5) is 5.69 Å². The van der Waals surface area contributed by atoms with Crippen molar-refractivity contribution < 1.29 is 14.8 Å². The van der Waals surface area contributed by atoms with Gasteiger partial charge in [-0.3, -0.25) is 14.8 Å². The normalized spacial score (nSPS) is 10.4. The minimum atomic E-state index is -0.490. The molecule has 0 amide bonds. The summed E-state index contributed by atoms with van der Waals surface area (Å²) in [4.78, 5) is 10.5. The van der Waals surface area contributed by atoms with Crippen molar-refractivity contribution in [3.05, 3.63) is 51.7 Å². The quantitative estimate of drug-likeness (QED) is 0.650. The molecule has 100 valence electrons. The Labute approximate surface area is 109 Å². The maximum atomic E-state index is 11.0. The third kappa shape index (κ3) is 2.89. The van der Waals surface area contributed by atoms with Gasteiger partial charge in [0.1, 0.15) is 6.61 Å². The lowest BCUT2D eigenvalue weighted by molar-refractivity contribution is -0.385. The smallest absolute Gasteiger partial charge is 0.276 e. The van der Waals surface area contributed by atoms with E-state index in [1.807, 2.05) is 0 Å². The summed E-state index contributed by atoms with van der Waals surface area (Å²) in [6, 6.07) is 6.21. The molecule has 0 bridgehead atoms. The average molecular weight is 263 g/mol. The molecule has 0 atom stereocenters. The molecule has 7 heteroatoms. The van der Waals surface area contributed by atoms with E-state index in [0.717, 1.165) is 0 Å². The molecule has 1 aromatic heterocycles. The van der Waals surface area contributed by atoms with Crippen LogP contribution in [0.2, 0.25) is 0 Å². The minimum absolute atomic E-state index is 0.00986. The van der Waals surface area contributed by atoms with Gasteiger partial charge in [-0.2, -0.15) is 0 Å². The lowest BCUT2D eigenvalue weighted by Gasteiger charge is -2.08. The SMILES string of the molecule is Cn1ccc(OCc2c(CO)cccc2[N+](=O)[O-])n1. The van der Waals surface area contributed by atoms with Gasteiger partial charge in [0.15, 0.2) is 0 Å². The van der Waals surface area contributed by atoms with Gasteiger partial charge in [0, 0.05) is 25.4 Å². The zero-order valence-corrected chi connectivity index (χ0v) is 10.3. The molecule has 2 aromatic rings. The lowest BCUT2D eigenvalue weighted by atomic mass is 10.1. The highest BCUT2D eigenvalue weighted by atomic mass is 16.6. The highest BCUT2D eigenvalue weighted by Gasteiger charge is 2.17. The van der Waals surface area contributed by atoms with Crippen LogP contribution in [0.25, 0.3) is 0 Å². The molecule has 1 heterocycles. The average Bonchev–Trinajstić information content (AvgIpc) is 2.81. The monoisotopic (exact) mass is 263 g/mol. The minimum Gasteiger partial charge on any atom is -0.471 e. The second-order valence-corrected chi connectivity index (χ2v) is 3.95. The first-order valence-electron chi connectivity index (χ1n) is 5.60. The van der Waals surface area contributed by atoms with E-state index in [9.17, 15) is 15.2 Å². The fourth-order valence-electron chi connectivity index (χ4n) is 1.72. The molecule has 0 radical (unpaired) electrons. The number of benzene rings is 1. The molecular formula is C12H13N3O4. The van der Waals surface area contributed by atoms with Crippen molar-refractivity contribution in [2.75, 3.05) is 0 Å². The standard InChI is InChI=1S/C12H13N3O4/c1-14-6-5-12(13-14)19-8-10-9(7-16)3-2-4-11(10)15(17)18/h2-6,16H,7-8H2,1H3. The predicted molar refractivity (Wildman–Crippen MR) is 66.6 cm³/mol. The molecule has 1 aromatic carbocycles. The van der Waals surface area contributed by atoms with Crippen LogP contribution >= 0.6 is 0 Å². The van der Waals surface area contributed by atoms with Crippen molar-refractivity contribution in [2.24, 2.45) is 7.05 Å². The molecule has 0 saturated heterocycles. The van der Waals surface area contributed by atoms with Crippen molar-refractivity contribution in [1.82, 2.24) is 9.78 Å². The van der Waals surface area contributed by atoms with Crippen LogP contribution in [-0.4, -0.2) is 19.8 Å². The molecular weight excluding hydrogens is 250 g/mol.